The summed E-state index contributed by atoms with van der Waals surface area (Å²) in [5.74, 6) is 0.271. The number of carbonyl (C=O) groups excluding carboxylic acids is 1. The molecule has 0 spiro atoms. The van der Waals surface area contributed by atoms with Crippen molar-refractivity contribution in [3.8, 4) is 11.5 Å². The second kappa shape index (κ2) is 8.72. The molecule has 0 heterocycles. The van der Waals surface area contributed by atoms with Gasteiger partial charge in [0.2, 0.25) is 0 Å². The average Bonchev–Trinajstić information content (AvgIpc) is 2.60. The Hall–Kier alpha value is -2.82. The quantitative estimate of drug-likeness (QED) is 0.569. The zero-order chi connectivity index (χ0) is 17.4. The number of carbonyl (C=O) groups is 1. The van der Waals surface area contributed by atoms with Gasteiger partial charge in [-0.05, 0) is 36.8 Å². The molecule has 0 radical (unpaired) electrons. The number of halogens is 1. The van der Waals surface area contributed by atoms with Crippen LogP contribution >= 0.6 is 0 Å². The summed E-state index contributed by atoms with van der Waals surface area (Å²) in [4.78, 5) is 11.3. The first kappa shape index (κ1) is 17.5. The summed E-state index contributed by atoms with van der Waals surface area (Å²) in [7, 11) is 1.52. The van der Waals surface area contributed by atoms with Gasteiger partial charge in [-0.15, -0.1) is 0 Å². The highest BCUT2D eigenvalue weighted by atomic mass is 19.1. The van der Waals surface area contributed by atoms with Crippen molar-refractivity contribution in [3.05, 3.63) is 65.5 Å². The maximum Gasteiger partial charge on any atom is 0.330 e. The molecule has 24 heavy (non-hydrogen) atoms. The summed E-state index contributed by atoms with van der Waals surface area (Å²) in [6.07, 6.45) is 2.97. The van der Waals surface area contributed by atoms with Gasteiger partial charge in [0.05, 0.1) is 13.7 Å². The smallest absolute Gasteiger partial charge is 0.330 e. The van der Waals surface area contributed by atoms with Gasteiger partial charge in [0.1, 0.15) is 12.4 Å². The average molecular weight is 330 g/mol. The van der Waals surface area contributed by atoms with E-state index < -0.39 is 5.97 Å². The molecule has 0 aromatic heterocycles. The van der Waals surface area contributed by atoms with Crippen molar-refractivity contribution < 1.29 is 23.4 Å². The SMILES string of the molecule is CCOC(=O)/C=C/c1ccc(OCc2ccccc2F)c(OC)c1. The fourth-order valence-electron chi connectivity index (χ4n) is 2.03. The van der Waals surface area contributed by atoms with E-state index in [1.807, 2.05) is 0 Å². The third-order valence-corrected chi connectivity index (χ3v) is 3.23. The van der Waals surface area contributed by atoms with Crippen molar-refractivity contribution >= 4 is 12.0 Å². The van der Waals surface area contributed by atoms with E-state index in [-0.39, 0.29) is 12.4 Å². The van der Waals surface area contributed by atoms with Crippen LogP contribution in [0, 0.1) is 5.82 Å². The lowest BCUT2D eigenvalue weighted by molar-refractivity contribution is -0.137. The Balaban J connectivity index is 2.09. The van der Waals surface area contributed by atoms with E-state index in [4.69, 9.17) is 14.2 Å². The molecule has 2 rings (SSSR count). The summed E-state index contributed by atoms with van der Waals surface area (Å²) in [5, 5.41) is 0. The Bertz CT molecular complexity index is 725. The van der Waals surface area contributed by atoms with Crippen LogP contribution in [0.4, 0.5) is 4.39 Å². The summed E-state index contributed by atoms with van der Waals surface area (Å²) >= 11 is 0. The topological polar surface area (TPSA) is 44.8 Å². The fraction of sp³-hybridized carbons (Fsp3) is 0.211. The minimum Gasteiger partial charge on any atom is -0.493 e. The van der Waals surface area contributed by atoms with E-state index in [9.17, 15) is 9.18 Å². The van der Waals surface area contributed by atoms with Crippen LogP contribution in [0.25, 0.3) is 6.08 Å². The van der Waals surface area contributed by atoms with Crippen molar-refractivity contribution in [1.29, 1.82) is 0 Å². The Kier molecular flexibility index (Phi) is 6.37. The van der Waals surface area contributed by atoms with Crippen LogP contribution in [0.3, 0.4) is 0 Å². The predicted octanol–water partition coefficient (Wildman–Crippen LogP) is 3.99. The van der Waals surface area contributed by atoms with Gasteiger partial charge >= 0.3 is 5.97 Å². The first-order chi connectivity index (χ1) is 11.6. The van der Waals surface area contributed by atoms with Crippen LogP contribution in [0.2, 0.25) is 0 Å². The first-order valence-corrected chi connectivity index (χ1v) is 7.53. The maximum absolute atomic E-state index is 13.6. The molecule has 0 aliphatic heterocycles. The van der Waals surface area contributed by atoms with Crippen LogP contribution < -0.4 is 9.47 Å². The molecule has 0 bridgehead atoms. The van der Waals surface area contributed by atoms with E-state index in [0.717, 1.165) is 5.56 Å². The van der Waals surface area contributed by atoms with Gasteiger partial charge < -0.3 is 14.2 Å². The Labute approximate surface area is 140 Å². The molecule has 0 aliphatic rings. The number of ether oxygens (including phenoxy) is 3. The van der Waals surface area contributed by atoms with Crippen molar-refractivity contribution in [3.63, 3.8) is 0 Å². The number of methoxy groups -OCH3 is 1. The molecule has 0 N–H and O–H groups in total. The summed E-state index contributed by atoms with van der Waals surface area (Å²) in [6, 6.07) is 11.6. The molecule has 0 saturated heterocycles. The number of esters is 1. The normalized spacial score (nSPS) is 10.6. The molecule has 2 aromatic carbocycles. The highest BCUT2D eigenvalue weighted by Gasteiger charge is 2.07. The van der Waals surface area contributed by atoms with Crippen LogP contribution in [0.1, 0.15) is 18.1 Å². The third-order valence-electron chi connectivity index (χ3n) is 3.23. The van der Waals surface area contributed by atoms with E-state index in [2.05, 4.69) is 0 Å². The van der Waals surface area contributed by atoms with Gasteiger partial charge in [-0.25, -0.2) is 9.18 Å². The molecule has 0 saturated carbocycles. The van der Waals surface area contributed by atoms with Crippen molar-refractivity contribution in [1.82, 2.24) is 0 Å². The summed E-state index contributed by atoms with van der Waals surface area (Å²) in [6.45, 7) is 2.17. The molecular formula is C19H19FO4. The van der Waals surface area contributed by atoms with Gasteiger partial charge in [-0.1, -0.05) is 24.3 Å². The lowest BCUT2D eigenvalue weighted by atomic mass is 10.2. The molecule has 0 amide bonds. The molecule has 0 aliphatic carbocycles. The van der Waals surface area contributed by atoms with Crippen molar-refractivity contribution in [2.24, 2.45) is 0 Å². The molecule has 4 nitrogen and oxygen atoms in total. The van der Waals surface area contributed by atoms with Crippen LogP contribution in [-0.4, -0.2) is 19.7 Å². The van der Waals surface area contributed by atoms with Gasteiger partial charge in [0.25, 0.3) is 0 Å². The maximum atomic E-state index is 13.6. The summed E-state index contributed by atoms with van der Waals surface area (Å²) in [5.41, 5.74) is 1.23. The highest BCUT2D eigenvalue weighted by molar-refractivity contribution is 5.87. The fourth-order valence-corrected chi connectivity index (χ4v) is 2.03. The Morgan fingerprint density at radius 2 is 1.96 bits per heavy atom. The minimum absolute atomic E-state index is 0.0983. The number of hydrogen-bond donors (Lipinski definition) is 0. The Morgan fingerprint density at radius 1 is 1.17 bits per heavy atom. The highest BCUT2D eigenvalue weighted by Crippen LogP contribution is 2.29. The zero-order valence-electron chi connectivity index (χ0n) is 13.6. The van der Waals surface area contributed by atoms with Crippen molar-refractivity contribution in [2.75, 3.05) is 13.7 Å². The van der Waals surface area contributed by atoms with E-state index in [1.165, 1.54) is 19.3 Å². The lowest BCUT2D eigenvalue weighted by Crippen LogP contribution is -2.00. The third kappa shape index (κ3) is 4.84. The molecule has 5 heteroatoms. The molecule has 0 unspecified atom stereocenters. The molecular weight excluding hydrogens is 311 g/mol. The zero-order valence-corrected chi connectivity index (χ0v) is 13.6. The van der Waals surface area contributed by atoms with Gasteiger partial charge in [0.15, 0.2) is 11.5 Å². The molecule has 2 aromatic rings. The lowest BCUT2D eigenvalue weighted by Gasteiger charge is -2.11. The predicted molar refractivity (Wildman–Crippen MR) is 89.4 cm³/mol. The van der Waals surface area contributed by atoms with Crippen molar-refractivity contribution in [2.45, 2.75) is 13.5 Å². The standard InChI is InChI=1S/C19H19FO4/c1-3-23-19(21)11-9-14-8-10-17(18(12-14)22-2)24-13-15-6-4-5-7-16(15)20/h4-12H,3,13H2,1-2H3/b11-9+. The molecule has 0 fully saturated rings. The van der Waals surface area contributed by atoms with Gasteiger partial charge in [0, 0.05) is 11.6 Å². The largest absolute Gasteiger partial charge is 0.493 e. The molecule has 126 valence electrons. The Morgan fingerprint density at radius 3 is 2.67 bits per heavy atom. The summed E-state index contributed by atoms with van der Waals surface area (Å²) < 4.78 is 29.4. The monoisotopic (exact) mass is 330 g/mol. The van der Waals surface area contributed by atoms with Crippen LogP contribution in [-0.2, 0) is 16.1 Å². The minimum atomic E-state index is -0.406. The second-order valence-electron chi connectivity index (χ2n) is 4.88. The van der Waals surface area contributed by atoms with E-state index >= 15 is 0 Å². The first-order valence-electron chi connectivity index (χ1n) is 7.53. The second-order valence-corrected chi connectivity index (χ2v) is 4.88. The van der Waals surface area contributed by atoms with Gasteiger partial charge in [-0.3, -0.25) is 0 Å². The number of rotatable bonds is 7. The van der Waals surface area contributed by atoms with E-state index in [0.29, 0.717) is 23.7 Å². The number of benzene rings is 2. The van der Waals surface area contributed by atoms with Crippen LogP contribution in [0.5, 0.6) is 11.5 Å². The molecule has 0 atom stereocenters. The van der Waals surface area contributed by atoms with E-state index in [1.54, 1.807) is 49.4 Å². The number of hydrogen-bond acceptors (Lipinski definition) is 4. The van der Waals surface area contributed by atoms with Gasteiger partial charge in [-0.2, -0.15) is 0 Å². The van der Waals surface area contributed by atoms with Crippen LogP contribution in [0.15, 0.2) is 48.5 Å².